The van der Waals surface area contributed by atoms with Crippen LogP contribution in [-0.4, -0.2) is 30.3 Å². The highest BCUT2D eigenvalue weighted by atomic mass is 16.6. The van der Waals surface area contributed by atoms with E-state index in [2.05, 4.69) is 10.6 Å². The first-order chi connectivity index (χ1) is 8.46. The van der Waals surface area contributed by atoms with Gasteiger partial charge in [-0.25, -0.2) is 4.79 Å². The van der Waals surface area contributed by atoms with E-state index in [1.54, 1.807) is 0 Å². The van der Waals surface area contributed by atoms with E-state index in [1.807, 2.05) is 20.8 Å². The first-order valence-corrected chi connectivity index (χ1v) is 7.18. The molecule has 0 aromatic carbocycles. The molecule has 0 radical (unpaired) electrons. The highest BCUT2D eigenvalue weighted by Crippen LogP contribution is 2.31. The van der Waals surface area contributed by atoms with Crippen LogP contribution in [0, 0.1) is 5.92 Å². The molecule has 4 heteroatoms. The lowest BCUT2D eigenvalue weighted by Gasteiger charge is -2.27. The van der Waals surface area contributed by atoms with Crippen LogP contribution in [0.3, 0.4) is 0 Å². The minimum absolute atomic E-state index is 0.239. The molecule has 2 aliphatic rings. The molecule has 2 fully saturated rings. The van der Waals surface area contributed by atoms with Gasteiger partial charge in [0.2, 0.25) is 0 Å². The summed E-state index contributed by atoms with van der Waals surface area (Å²) in [6, 6.07) is 0.683. The Morgan fingerprint density at radius 2 is 1.89 bits per heavy atom. The maximum absolute atomic E-state index is 11.8. The van der Waals surface area contributed by atoms with Crippen LogP contribution in [0.4, 0.5) is 4.79 Å². The Labute approximate surface area is 110 Å². The zero-order valence-corrected chi connectivity index (χ0v) is 11.8. The smallest absolute Gasteiger partial charge is 0.407 e. The molecular weight excluding hydrogens is 228 g/mol. The molecule has 1 aliphatic heterocycles. The van der Waals surface area contributed by atoms with Gasteiger partial charge >= 0.3 is 6.09 Å². The fourth-order valence-corrected chi connectivity index (χ4v) is 3.16. The van der Waals surface area contributed by atoms with Gasteiger partial charge in [0.15, 0.2) is 0 Å². The predicted octanol–water partition coefficient (Wildman–Crippen LogP) is 2.43. The van der Waals surface area contributed by atoms with Crippen molar-refractivity contribution in [1.29, 1.82) is 0 Å². The molecule has 1 heterocycles. The molecule has 104 valence electrons. The van der Waals surface area contributed by atoms with Crippen molar-refractivity contribution in [3.05, 3.63) is 0 Å². The standard InChI is InChI=1S/C14H26N2O2/c1-14(2,3)18-13(17)16-11-8-9-15-12(11)10-6-4-5-7-10/h10-12,15H,4-9H2,1-3H3,(H,16,17). The third kappa shape index (κ3) is 3.61. The van der Waals surface area contributed by atoms with Crippen molar-refractivity contribution >= 4 is 6.09 Å². The Bertz CT molecular complexity index is 293. The molecular formula is C14H26N2O2. The van der Waals surface area contributed by atoms with Gasteiger partial charge in [0.05, 0.1) is 0 Å². The molecule has 18 heavy (non-hydrogen) atoms. The zero-order chi connectivity index (χ0) is 13.2. The van der Waals surface area contributed by atoms with Gasteiger partial charge in [-0.1, -0.05) is 12.8 Å². The van der Waals surface area contributed by atoms with Crippen molar-refractivity contribution in [2.24, 2.45) is 5.92 Å². The summed E-state index contributed by atoms with van der Waals surface area (Å²) in [5.74, 6) is 0.729. The lowest BCUT2D eigenvalue weighted by molar-refractivity contribution is 0.0494. The molecule has 0 aromatic heterocycles. The van der Waals surface area contributed by atoms with Crippen molar-refractivity contribution < 1.29 is 9.53 Å². The molecule has 2 atom stereocenters. The molecule has 1 aliphatic carbocycles. The second kappa shape index (κ2) is 5.47. The molecule has 0 spiro atoms. The van der Waals surface area contributed by atoms with E-state index in [-0.39, 0.29) is 12.1 Å². The lowest BCUT2D eigenvalue weighted by Crippen LogP contribution is -2.48. The van der Waals surface area contributed by atoms with Crippen LogP contribution in [0.1, 0.15) is 52.9 Å². The topological polar surface area (TPSA) is 50.4 Å². The monoisotopic (exact) mass is 254 g/mol. The van der Waals surface area contributed by atoms with Crippen LogP contribution < -0.4 is 10.6 Å². The molecule has 1 saturated carbocycles. The highest BCUT2D eigenvalue weighted by Gasteiger charge is 2.36. The van der Waals surface area contributed by atoms with Crippen LogP contribution in [0.25, 0.3) is 0 Å². The number of ether oxygens (including phenoxy) is 1. The van der Waals surface area contributed by atoms with Crippen molar-refractivity contribution in [2.75, 3.05) is 6.54 Å². The minimum atomic E-state index is -0.418. The molecule has 2 unspecified atom stereocenters. The van der Waals surface area contributed by atoms with Gasteiger partial charge in [-0.05, 0) is 52.5 Å². The summed E-state index contributed by atoms with van der Waals surface area (Å²) in [6.45, 7) is 6.69. The van der Waals surface area contributed by atoms with Gasteiger partial charge in [-0.3, -0.25) is 0 Å². The average Bonchev–Trinajstić information content (AvgIpc) is 2.82. The number of carbonyl (C=O) groups is 1. The second-order valence-electron chi connectivity index (χ2n) is 6.57. The number of hydrogen-bond donors (Lipinski definition) is 2. The third-order valence-corrected chi connectivity index (χ3v) is 3.88. The van der Waals surface area contributed by atoms with Crippen LogP contribution in [0.2, 0.25) is 0 Å². The number of amides is 1. The van der Waals surface area contributed by atoms with Gasteiger partial charge < -0.3 is 15.4 Å². The first kappa shape index (κ1) is 13.7. The van der Waals surface area contributed by atoms with Crippen LogP contribution in [0.5, 0.6) is 0 Å². The normalized spacial score (nSPS) is 29.5. The Hall–Kier alpha value is -0.770. The fraction of sp³-hybridized carbons (Fsp3) is 0.929. The van der Waals surface area contributed by atoms with Crippen LogP contribution >= 0.6 is 0 Å². The molecule has 0 bridgehead atoms. The lowest BCUT2D eigenvalue weighted by atomic mass is 9.93. The van der Waals surface area contributed by atoms with Crippen molar-refractivity contribution in [2.45, 2.75) is 70.6 Å². The Morgan fingerprint density at radius 3 is 2.50 bits per heavy atom. The summed E-state index contributed by atoms with van der Waals surface area (Å²) in [5, 5.41) is 6.59. The largest absolute Gasteiger partial charge is 0.444 e. The summed E-state index contributed by atoms with van der Waals surface area (Å²) < 4.78 is 5.33. The Kier molecular flexibility index (Phi) is 4.15. The van der Waals surface area contributed by atoms with Crippen LogP contribution in [-0.2, 0) is 4.74 Å². The second-order valence-corrected chi connectivity index (χ2v) is 6.57. The van der Waals surface area contributed by atoms with E-state index in [0.717, 1.165) is 18.9 Å². The summed E-state index contributed by atoms with van der Waals surface area (Å²) in [6.07, 6.45) is 6.00. The van der Waals surface area contributed by atoms with Gasteiger partial charge in [0, 0.05) is 12.1 Å². The molecule has 2 rings (SSSR count). The van der Waals surface area contributed by atoms with Gasteiger partial charge in [-0.2, -0.15) is 0 Å². The number of alkyl carbamates (subject to hydrolysis) is 1. The van der Waals surface area contributed by atoms with E-state index in [0.29, 0.717) is 6.04 Å². The number of carbonyl (C=O) groups excluding carboxylic acids is 1. The van der Waals surface area contributed by atoms with Gasteiger partial charge in [-0.15, -0.1) is 0 Å². The molecule has 1 saturated heterocycles. The SMILES string of the molecule is CC(C)(C)OC(=O)NC1CCNC1C1CCCC1. The van der Waals surface area contributed by atoms with E-state index in [9.17, 15) is 4.79 Å². The number of nitrogens with one attached hydrogen (secondary N) is 2. The van der Waals surface area contributed by atoms with Crippen LogP contribution in [0.15, 0.2) is 0 Å². The number of hydrogen-bond acceptors (Lipinski definition) is 3. The number of rotatable bonds is 2. The maximum atomic E-state index is 11.8. The van der Waals surface area contributed by atoms with E-state index >= 15 is 0 Å². The van der Waals surface area contributed by atoms with Gasteiger partial charge in [0.25, 0.3) is 0 Å². The average molecular weight is 254 g/mol. The summed E-state index contributed by atoms with van der Waals surface area (Å²) >= 11 is 0. The molecule has 4 nitrogen and oxygen atoms in total. The van der Waals surface area contributed by atoms with E-state index in [4.69, 9.17) is 4.74 Å². The summed E-state index contributed by atoms with van der Waals surface area (Å²) in [4.78, 5) is 11.8. The Morgan fingerprint density at radius 1 is 1.22 bits per heavy atom. The summed E-state index contributed by atoms with van der Waals surface area (Å²) in [5.41, 5.74) is -0.418. The van der Waals surface area contributed by atoms with Crippen molar-refractivity contribution in [3.8, 4) is 0 Å². The predicted molar refractivity (Wildman–Crippen MR) is 71.5 cm³/mol. The Balaban J connectivity index is 1.85. The third-order valence-electron chi connectivity index (χ3n) is 3.88. The fourth-order valence-electron chi connectivity index (χ4n) is 3.16. The van der Waals surface area contributed by atoms with Gasteiger partial charge in [0.1, 0.15) is 5.60 Å². The first-order valence-electron chi connectivity index (χ1n) is 7.18. The quantitative estimate of drug-likeness (QED) is 0.795. The van der Waals surface area contributed by atoms with E-state index < -0.39 is 5.60 Å². The molecule has 2 N–H and O–H groups in total. The molecule has 0 aromatic rings. The van der Waals surface area contributed by atoms with Crippen molar-refractivity contribution in [3.63, 3.8) is 0 Å². The van der Waals surface area contributed by atoms with E-state index in [1.165, 1.54) is 25.7 Å². The highest BCUT2D eigenvalue weighted by molar-refractivity contribution is 5.68. The zero-order valence-electron chi connectivity index (χ0n) is 11.8. The van der Waals surface area contributed by atoms with Crippen molar-refractivity contribution in [1.82, 2.24) is 10.6 Å². The maximum Gasteiger partial charge on any atom is 0.407 e. The summed E-state index contributed by atoms with van der Waals surface area (Å²) in [7, 11) is 0. The molecule has 1 amide bonds. The minimum Gasteiger partial charge on any atom is -0.444 e.